The summed E-state index contributed by atoms with van der Waals surface area (Å²) < 4.78 is 34.9. The number of halogens is 2. The number of aryl methyl sites for hydroxylation is 1. The number of likely N-dealkylation sites (tertiary alicyclic amines) is 1. The van der Waals surface area contributed by atoms with Gasteiger partial charge in [0.15, 0.2) is 0 Å². The molecule has 0 radical (unpaired) electrons. The minimum atomic E-state index is -0.565. The van der Waals surface area contributed by atoms with Crippen molar-refractivity contribution in [1.29, 1.82) is 0 Å². The third-order valence-corrected chi connectivity index (χ3v) is 8.79. The van der Waals surface area contributed by atoms with Crippen LogP contribution in [0.4, 0.5) is 19.3 Å². The van der Waals surface area contributed by atoms with Gasteiger partial charge in [0.2, 0.25) is 0 Å². The summed E-state index contributed by atoms with van der Waals surface area (Å²) in [7, 11) is 3.61. The third kappa shape index (κ3) is 4.93. The number of ether oxygens (including phenoxy) is 1. The molecule has 2 aliphatic rings. The maximum Gasteiger partial charge on any atom is 0.322 e. The quantitative estimate of drug-likeness (QED) is 0.335. The van der Waals surface area contributed by atoms with Gasteiger partial charge in [-0.1, -0.05) is 12.1 Å². The molecule has 1 aromatic heterocycles. The highest BCUT2D eigenvalue weighted by molar-refractivity contribution is 5.92. The van der Waals surface area contributed by atoms with Crippen molar-refractivity contribution in [3.05, 3.63) is 95.2 Å². The van der Waals surface area contributed by atoms with Crippen LogP contribution in [0.25, 0.3) is 10.9 Å². The number of aliphatic hydroxyl groups is 1. The SMILES string of the molecule is COc1ccc2c3c(n(C)c2c1)[C@H](CO)N(C(=O)Nc1ccc(F)cc1)CC31CCN(Cc2cccc(F)c2)CC1. The van der Waals surface area contributed by atoms with Crippen molar-refractivity contribution < 1.29 is 23.4 Å². The molecule has 4 aromatic rings. The van der Waals surface area contributed by atoms with E-state index in [-0.39, 0.29) is 29.7 Å². The number of hydrogen-bond acceptors (Lipinski definition) is 4. The number of carbonyl (C=O) groups excluding carboxylic acids is 1. The summed E-state index contributed by atoms with van der Waals surface area (Å²) >= 11 is 0. The molecule has 1 saturated heterocycles. The van der Waals surface area contributed by atoms with E-state index in [1.807, 2.05) is 25.2 Å². The molecule has 0 bridgehead atoms. The highest BCUT2D eigenvalue weighted by Gasteiger charge is 2.49. The number of carbonyl (C=O) groups is 1. The first kappa shape index (κ1) is 27.2. The van der Waals surface area contributed by atoms with E-state index < -0.39 is 6.04 Å². The first-order chi connectivity index (χ1) is 19.8. The molecule has 1 atom stereocenters. The molecule has 2 amide bonds. The zero-order chi connectivity index (χ0) is 28.7. The fourth-order valence-corrected chi connectivity index (χ4v) is 6.74. The van der Waals surface area contributed by atoms with Crippen molar-refractivity contribution in [2.45, 2.75) is 30.8 Å². The number of hydrogen-bond donors (Lipinski definition) is 2. The zero-order valence-corrected chi connectivity index (χ0v) is 23.2. The summed E-state index contributed by atoms with van der Waals surface area (Å²) in [6, 6.07) is 17.5. The van der Waals surface area contributed by atoms with Gasteiger partial charge in [0.25, 0.3) is 0 Å². The van der Waals surface area contributed by atoms with Gasteiger partial charge in [0.05, 0.1) is 25.3 Å². The number of piperidine rings is 1. The lowest BCUT2D eigenvalue weighted by Crippen LogP contribution is -2.56. The molecule has 41 heavy (non-hydrogen) atoms. The second kappa shape index (κ2) is 10.8. The fourth-order valence-electron chi connectivity index (χ4n) is 6.74. The van der Waals surface area contributed by atoms with Crippen LogP contribution in [0.1, 0.15) is 35.7 Å². The van der Waals surface area contributed by atoms with Crippen LogP contribution < -0.4 is 10.1 Å². The molecule has 2 aliphatic heterocycles. The van der Waals surface area contributed by atoms with Gasteiger partial charge < -0.3 is 24.6 Å². The van der Waals surface area contributed by atoms with Crippen molar-refractivity contribution in [1.82, 2.24) is 14.4 Å². The molecule has 214 valence electrons. The van der Waals surface area contributed by atoms with Gasteiger partial charge in [-0.2, -0.15) is 0 Å². The van der Waals surface area contributed by atoms with Gasteiger partial charge in [-0.15, -0.1) is 0 Å². The summed E-state index contributed by atoms with van der Waals surface area (Å²) in [4.78, 5) is 17.8. The predicted octanol–water partition coefficient (Wildman–Crippen LogP) is 5.58. The van der Waals surface area contributed by atoms with Crippen LogP contribution in [-0.2, 0) is 19.0 Å². The van der Waals surface area contributed by atoms with Crippen LogP contribution in [0.2, 0.25) is 0 Å². The minimum Gasteiger partial charge on any atom is -0.497 e. The average Bonchev–Trinajstić information content (AvgIpc) is 3.28. The van der Waals surface area contributed by atoms with Crippen LogP contribution in [0.15, 0.2) is 66.7 Å². The number of rotatable bonds is 5. The van der Waals surface area contributed by atoms with E-state index in [1.165, 1.54) is 35.9 Å². The first-order valence-electron chi connectivity index (χ1n) is 13.9. The number of fused-ring (bicyclic) bond motifs is 4. The standard InChI is InChI=1S/C32H34F2N4O3/c1-36-27-17-25(41-2)10-11-26(27)29-30(36)28(19-39)38(31(40)35-24-8-6-22(33)7-9-24)20-32(29)12-14-37(15-13-32)18-21-4-3-5-23(34)16-21/h3-11,16-17,28,39H,12-15,18-20H2,1-2H3,(H,35,40)/t28-/m0/s1. The third-order valence-electron chi connectivity index (χ3n) is 8.79. The van der Waals surface area contributed by atoms with Crippen molar-refractivity contribution in [2.75, 3.05) is 38.7 Å². The number of methoxy groups -OCH3 is 1. The van der Waals surface area contributed by atoms with Crippen LogP contribution in [0.5, 0.6) is 5.75 Å². The van der Waals surface area contributed by atoms with Crippen LogP contribution >= 0.6 is 0 Å². The van der Waals surface area contributed by atoms with Crippen molar-refractivity contribution >= 4 is 22.6 Å². The molecule has 7 nitrogen and oxygen atoms in total. The molecule has 2 N–H and O–H groups in total. The molecule has 1 spiro atoms. The van der Waals surface area contributed by atoms with E-state index >= 15 is 0 Å². The van der Waals surface area contributed by atoms with Crippen LogP contribution in [0.3, 0.4) is 0 Å². The normalized spacial score (nSPS) is 18.5. The first-order valence-corrected chi connectivity index (χ1v) is 13.9. The molecular formula is C32H34F2N4O3. The Morgan fingerprint density at radius 2 is 1.80 bits per heavy atom. The Bertz CT molecular complexity index is 1580. The number of benzene rings is 3. The summed E-state index contributed by atoms with van der Waals surface area (Å²) in [6.45, 7) is 2.39. The fraction of sp³-hybridized carbons (Fsp3) is 0.344. The number of aromatic nitrogens is 1. The average molecular weight is 561 g/mol. The Labute approximate surface area is 237 Å². The van der Waals surface area contributed by atoms with Gasteiger partial charge in [-0.3, -0.25) is 4.90 Å². The van der Waals surface area contributed by atoms with Gasteiger partial charge >= 0.3 is 6.03 Å². The smallest absolute Gasteiger partial charge is 0.322 e. The lowest BCUT2D eigenvalue weighted by Gasteiger charge is -2.50. The van der Waals surface area contributed by atoms with E-state index in [1.54, 1.807) is 24.1 Å². The molecule has 9 heteroatoms. The summed E-state index contributed by atoms with van der Waals surface area (Å²) in [5, 5.41) is 14.7. The Morgan fingerprint density at radius 3 is 2.49 bits per heavy atom. The Balaban J connectivity index is 1.38. The van der Waals surface area contributed by atoms with Gasteiger partial charge in [-0.05, 0) is 85.6 Å². The Morgan fingerprint density at radius 1 is 1.05 bits per heavy atom. The van der Waals surface area contributed by atoms with Gasteiger partial charge in [-0.25, -0.2) is 13.6 Å². The van der Waals surface area contributed by atoms with E-state index in [4.69, 9.17) is 4.74 Å². The Kier molecular flexibility index (Phi) is 7.17. The minimum absolute atomic E-state index is 0.239. The lowest BCUT2D eigenvalue weighted by molar-refractivity contribution is 0.0692. The Hall–Kier alpha value is -3.95. The predicted molar refractivity (Wildman–Crippen MR) is 154 cm³/mol. The number of nitrogens with one attached hydrogen (secondary N) is 1. The molecule has 0 saturated carbocycles. The number of amides is 2. The lowest BCUT2D eigenvalue weighted by atomic mass is 9.68. The number of aliphatic hydroxyl groups excluding tert-OH is 1. The largest absolute Gasteiger partial charge is 0.497 e. The van der Waals surface area contributed by atoms with E-state index in [0.717, 1.165) is 53.8 Å². The monoisotopic (exact) mass is 560 g/mol. The molecule has 3 heterocycles. The number of anilines is 1. The van der Waals surface area contributed by atoms with Crippen molar-refractivity contribution in [3.8, 4) is 5.75 Å². The van der Waals surface area contributed by atoms with Crippen molar-refractivity contribution in [2.24, 2.45) is 7.05 Å². The van der Waals surface area contributed by atoms with Crippen LogP contribution in [0, 0.1) is 11.6 Å². The summed E-state index contributed by atoms with van der Waals surface area (Å²) in [5.74, 6) is 0.117. The van der Waals surface area contributed by atoms with E-state index in [2.05, 4.69) is 20.9 Å². The molecule has 6 rings (SSSR count). The van der Waals surface area contributed by atoms with Gasteiger partial charge in [0.1, 0.15) is 17.4 Å². The summed E-state index contributed by atoms with van der Waals surface area (Å²) in [6.07, 6.45) is 1.58. The second-order valence-corrected chi connectivity index (χ2v) is 11.2. The maximum absolute atomic E-state index is 13.8. The number of urea groups is 1. The van der Waals surface area contributed by atoms with Gasteiger partial charge in [0, 0.05) is 48.4 Å². The maximum atomic E-state index is 13.8. The van der Waals surface area contributed by atoms with E-state index in [0.29, 0.717) is 18.8 Å². The van der Waals surface area contributed by atoms with E-state index in [9.17, 15) is 18.7 Å². The van der Waals surface area contributed by atoms with Crippen molar-refractivity contribution in [3.63, 3.8) is 0 Å². The molecule has 1 fully saturated rings. The topological polar surface area (TPSA) is 70.0 Å². The molecular weight excluding hydrogens is 526 g/mol. The second-order valence-electron chi connectivity index (χ2n) is 11.2. The zero-order valence-electron chi connectivity index (χ0n) is 23.2. The number of nitrogens with zero attached hydrogens (tertiary/aromatic N) is 3. The molecule has 0 unspecified atom stereocenters. The molecule has 0 aliphatic carbocycles. The highest BCUT2D eigenvalue weighted by atomic mass is 19.1. The molecule has 3 aromatic carbocycles. The van der Waals surface area contributed by atoms with Crippen LogP contribution in [-0.4, -0.2) is 58.9 Å². The highest BCUT2D eigenvalue weighted by Crippen LogP contribution is 2.50. The summed E-state index contributed by atoms with van der Waals surface area (Å²) in [5.41, 5.74) is 4.13.